The van der Waals surface area contributed by atoms with E-state index < -0.39 is 11.9 Å². The molecule has 0 N–H and O–H groups in total. The van der Waals surface area contributed by atoms with Crippen LogP contribution in [0.3, 0.4) is 0 Å². The van der Waals surface area contributed by atoms with Crippen LogP contribution in [0.5, 0.6) is 23.0 Å². The van der Waals surface area contributed by atoms with Gasteiger partial charge < -0.3 is 18.9 Å². The number of ether oxygens (including phenoxy) is 4. The van der Waals surface area contributed by atoms with Gasteiger partial charge in [-0.15, -0.1) is 0 Å². The lowest BCUT2D eigenvalue weighted by atomic mass is 10.2. The lowest BCUT2D eigenvalue weighted by Crippen LogP contribution is -2.26. The van der Waals surface area contributed by atoms with Crippen molar-refractivity contribution < 1.29 is 38.1 Å². The summed E-state index contributed by atoms with van der Waals surface area (Å²) in [5.74, 6) is -2.37. The van der Waals surface area contributed by atoms with Gasteiger partial charge in [-0.05, 0) is 50.2 Å². The third-order valence-corrected chi connectivity index (χ3v) is 3.38. The van der Waals surface area contributed by atoms with Crippen LogP contribution in [0.25, 0.3) is 0 Å². The fraction of sp³-hybridized carbons (Fsp3) is 0.200. The van der Waals surface area contributed by atoms with Crippen LogP contribution in [0.1, 0.15) is 34.6 Å². The topological polar surface area (TPSA) is 105 Å². The Morgan fingerprint density at radius 3 is 1.43 bits per heavy atom. The van der Waals surface area contributed by atoms with Gasteiger partial charge in [0.2, 0.25) is 0 Å². The molecular formula is C20H18O8. The first-order valence-electron chi connectivity index (χ1n) is 8.40. The Hall–Kier alpha value is -3.68. The molecule has 0 heterocycles. The number of carbonyl (C=O) groups is 4. The molecule has 28 heavy (non-hydrogen) atoms. The summed E-state index contributed by atoms with van der Waals surface area (Å²) in [6.45, 7) is 3.95. The minimum Gasteiger partial charge on any atom is -0.490 e. The van der Waals surface area contributed by atoms with E-state index in [0.29, 0.717) is 23.7 Å². The van der Waals surface area contributed by atoms with E-state index in [2.05, 4.69) is 0 Å². The Labute approximate surface area is 161 Å². The maximum Gasteiger partial charge on any atom is 0.423 e. The van der Waals surface area contributed by atoms with E-state index in [1.165, 1.54) is 36.4 Å². The minimum absolute atomic E-state index is 0.0317. The number of carbonyl (C=O) groups excluding carboxylic acids is 4. The molecule has 0 bridgehead atoms. The van der Waals surface area contributed by atoms with Crippen LogP contribution in [0, 0.1) is 0 Å². The predicted molar refractivity (Wildman–Crippen MR) is 97.3 cm³/mol. The maximum absolute atomic E-state index is 12.1. The summed E-state index contributed by atoms with van der Waals surface area (Å²) in [7, 11) is 0. The summed E-state index contributed by atoms with van der Waals surface area (Å²) in [5, 5.41) is 0. The second kappa shape index (κ2) is 9.86. The summed E-state index contributed by atoms with van der Waals surface area (Å²) in [4.78, 5) is 45.9. The fourth-order valence-corrected chi connectivity index (χ4v) is 2.18. The largest absolute Gasteiger partial charge is 0.490 e. The highest BCUT2D eigenvalue weighted by molar-refractivity contribution is 6.31. The predicted octanol–water partition coefficient (Wildman–Crippen LogP) is 2.62. The average molecular weight is 386 g/mol. The third kappa shape index (κ3) is 5.16. The molecule has 0 atom stereocenters. The number of aldehydes is 2. The Balaban J connectivity index is 2.17. The summed E-state index contributed by atoms with van der Waals surface area (Å²) in [6.07, 6.45) is 1.22. The maximum atomic E-state index is 12.1. The van der Waals surface area contributed by atoms with Crippen LogP contribution in [0.15, 0.2) is 36.4 Å². The SMILES string of the molecule is CCOc1cc(C=O)ccc1OC(=O)C(=O)Oc1ccc(C=O)cc1OCC. The second-order valence-electron chi connectivity index (χ2n) is 5.29. The van der Waals surface area contributed by atoms with E-state index in [0.717, 1.165) is 0 Å². The summed E-state index contributed by atoms with van der Waals surface area (Å²) >= 11 is 0. The number of hydrogen-bond donors (Lipinski definition) is 0. The lowest BCUT2D eigenvalue weighted by molar-refractivity contribution is -0.156. The summed E-state index contributed by atoms with van der Waals surface area (Å²) < 4.78 is 20.7. The molecule has 0 spiro atoms. The Bertz CT molecular complexity index is 814. The first-order chi connectivity index (χ1) is 13.5. The van der Waals surface area contributed by atoms with Crippen molar-refractivity contribution in [2.45, 2.75) is 13.8 Å². The van der Waals surface area contributed by atoms with Crippen LogP contribution in [0.4, 0.5) is 0 Å². The molecule has 0 radical (unpaired) electrons. The molecule has 2 aromatic rings. The highest BCUT2D eigenvalue weighted by atomic mass is 16.6. The number of hydrogen-bond acceptors (Lipinski definition) is 8. The lowest BCUT2D eigenvalue weighted by Gasteiger charge is -2.12. The van der Waals surface area contributed by atoms with Crippen LogP contribution < -0.4 is 18.9 Å². The highest BCUT2D eigenvalue weighted by Crippen LogP contribution is 2.30. The zero-order chi connectivity index (χ0) is 20.5. The molecule has 0 aliphatic carbocycles. The molecule has 8 heteroatoms. The first kappa shape index (κ1) is 20.6. The highest BCUT2D eigenvalue weighted by Gasteiger charge is 2.23. The van der Waals surface area contributed by atoms with Crippen molar-refractivity contribution in [3.8, 4) is 23.0 Å². The van der Waals surface area contributed by atoms with Gasteiger partial charge >= 0.3 is 11.9 Å². The van der Waals surface area contributed by atoms with Gasteiger partial charge in [-0.3, -0.25) is 9.59 Å². The quantitative estimate of drug-likeness (QED) is 0.295. The monoisotopic (exact) mass is 386 g/mol. The average Bonchev–Trinajstić information content (AvgIpc) is 2.70. The molecule has 0 unspecified atom stereocenters. The Morgan fingerprint density at radius 2 is 1.11 bits per heavy atom. The van der Waals surface area contributed by atoms with Crippen molar-refractivity contribution >= 4 is 24.5 Å². The molecule has 0 amide bonds. The van der Waals surface area contributed by atoms with E-state index in [4.69, 9.17) is 18.9 Å². The van der Waals surface area contributed by atoms with Crippen molar-refractivity contribution in [1.29, 1.82) is 0 Å². The van der Waals surface area contributed by atoms with Crippen molar-refractivity contribution in [2.24, 2.45) is 0 Å². The van der Waals surface area contributed by atoms with Crippen molar-refractivity contribution in [3.63, 3.8) is 0 Å². The van der Waals surface area contributed by atoms with Gasteiger partial charge in [-0.2, -0.15) is 0 Å². The molecule has 0 saturated heterocycles. The zero-order valence-corrected chi connectivity index (χ0v) is 15.3. The molecule has 0 aliphatic rings. The van der Waals surface area contributed by atoms with Gasteiger partial charge in [0, 0.05) is 11.1 Å². The van der Waals surface area contributed by atoms with E-state index in [1.54, 1.807) is 13.8 Å². The number of esters is 2. The number of rotatable bonds is 8. The van der Waals surface area contributed by atoms with E-state index in [-0.39, 0.29) is 36.2 Å². The smallest absolute Gasteiger partial charge is 0.423 e. The van der Waals surface area contributed by atoms with Gasteiger partial charge in [-0.25, -0.2) is 9.59 Å². The van der Waals surface area contributed by atoms with Crippen LogP contribution in [0.2, 0.25) is 0 Å². The minimum atomic E-state index is -1.29. The molecule has 146 valence electrons. The fourth-order valence-electron chi connectivity index (χ4n) is 2.18. The van der Waals surface area contributed by atoms with Crippen LogP contribution >= 0.6 is 0 Å². The van der Waals surface area contributed by atoms with Crippen molar-refractivity contribution in [1.82, 2.24) is 0 Å². The van der Waals surface area contributed by atoms with Crippen molar-refractivity contribution in [3.05, 3.63) is 47.5 Å². The summed E-state index contributed by atoms with van der Waals surface area (Å²) in [5.41, 5.74) is 0.643. The Kier molecular flexibility index (Phi) is 7.27. The van der Waals surface area contributed by atoms with Gasteiger partial charge in [0.15, 0.2) is 23.0 Å². The zero-order valence-electron chi connectivity index (χ0n) is 15.3. The molecule has 0 fully saturated rings. The van der Waals surface area contributed by atoms with Crippen LogP contribution in [-0.4, -0.2) is 37.7 Å². The van der Waals surface area contributed by atoms with E-state index >= 15 is 0 Å². The molecule has 2 rings (SSSR count). The first-order valence-corrected chi connectivity index (χ1v) is 8.40. The van der Waals surface area contributed by atoms with Gasteiger partial charge in [-0.1, -0.05) is 0 Å². The number of benzene rings is 2. The molecule has 0 aliphatic heterocycles. The van der Waals surface area contributed by atoms with E-state index in [9.17, 15) is 19.2 Å². The molecule has 0 saturated carbocycles. The molecule has 8 nitrogen and oxygen atoms in total. The van der Waals surface area contributed by atoms with Gasteiger partial charge in [0.05, 0.1) is 13.2 Å². The van der Waals surface area contributed by atoms with Gasteiger partial charge in [0.25, 0.3) is 0 Å². The molecule has 0 aromatic heterocycles. The normalized spacial score (nSPS) is 9.93. The Morgan fingerprint density at radius 1 is 0.714 bits per heavy atom. The second-order valence-corrected chi connectivity index (χ2v) is 5.29. The van der Waals surface area contributed by atoms with Gasteiger partial charge in [0.1, 0.15) is 12.6 Å². The molecular weight excluding hydrogens is 368 g/mol. The molecule has 2 aromatic carbocycles. The third-order valence-electron chi connectivity index (χ3n) is 3.38. The van der Waals surface area contributed by atoms with E-state index in [1.807, 2.05) is 0 Å². The van der Waals surface area contributed by atoms with Crippen molar-refractivity contribution in [2.75, 3.05) is 13.2 Å². The summed E-state index contributed by atoms with van der Waals surface area (Å²) in [6, 6.07) is 8.27. The van der Waals surface area contributed by atoms with Crippen LogP contribution in [-0.2, 0) is 9.59 Å². The standard InChI is InChI=1S/C20H18O8/c1-3-25-17-9-13(11-21)5-7-15(17)27-19(23)20(24)28-16-8-6-14(12-22)10-18(16)26-4-2/h5-12H,3-4H2,1-2H3.